The maximum Gasteiger partial charge on any atom is 0.193 e. The summed E-state index contributed by atoms with van der Waals surface area (Å²) in [5.41, 5.74) is 1.33. The average Bonchev–Trinajstić information content (AvgIpc) is 2.73. The van der Waals surface area contributed by atoms with Gasteiger partial charge in [-0.2, -0.15) is 0 Å². The molecule has 0 spiro atoms. The van der Waals surface area contributed by atoms with Gasteiger partial charge in [0.2, 0.25) is 0 Å². The third kappa shape index (κ3) is 5.86. The topological polar surface area (TPSA) is 34.1 Å². The molecular formula is C22H37N5. The van der Waals surface area contributed by atoms with E-state index < -0.39 is 0 Å². The van der Waals surface area contributed by atoms with Gasteiger partial charge in [0.1, 0.15) is 0 Å². The minimum absolute atomic E-state index is 0.778. The molecule has 1 aromatic rings. The van der Waals surface area contributed by atoms with Gasteiger partial charge in [-0.05, 0) is 57.8 Å². The van der Waals surface area contributed by atoms with Gasteiger partial charge in [0, 0.05) is 51.5 Å². The second-order valence-electron chi connectivity index (χ2n) is 7.87. The van der Waals surface area contributed by atoms with E-state index in [0.717, 1.165) is 44.7 Å². The highest BCUT2D eigenvalue weighted by molar-refractivity contribution is 5.80. The molecule has 1 N–H and O–H groups in total. The maximum absolute atomic E-state index is 4.51. The van der Waals surface area contributed by atoms with Crippen LogP contribution in [0.5, 0.6) is 0 Å². The molecule has 1 atom stereocenters. The number of likely N-dealkylation sites (tertiary alicyclic amines) is 1. The summed E-state index contributed by atoms with van der Waals surface area (Å²) >= 11 is 0. The maximum atomic E-state index is 4.51. The molecule has 27 heavy (non-hydrogen) atoms. The van der Waals surface area contributed by atoms with Crippen LogP contribution in [0, 0.1) is 0 Å². The van der Waals surface area contributed by atoms with Crippen LogP contribution >= 0.6 is 0 Å². The summed E-state index contributed by atoms with van der Waals surface area (Å²) in [7, 11) is 1.90. The molecule has 2 aliphatic rings. The molecule has 0 amide bonds. The number of anilines is 1. The fourth-order valence-corrected chi connectivity index (χ4v) is 4.28. The molecule has 3 rings (SSSR count). The number of hydrogen-bond donors (Lipinski definition) is 1. The van der Waals surface area contributed by atoms with Crippen molar-refractivity contribution in [2.75, 3.05) is 57.8 Å². The van der Waals surface area contributed by atoms with Gasteiger partial charge in [0.25, 0.3) is 0 Å². The number of benzene rings is 1. The van der Waals surface area contributed by atoms with Crippen LogP contribution in [0.4, 0.5) is 5.69 Å². The first-order chi connectivity index (χ1) is 13.3. The lowest BCUT2D eigenvalue weighted by atomic mass is 10.0. The number of nitrogens with zero attached hydrogens (tertiary/aromatic N) is 4. The number of para-hydroxylation sites is 1. The average molecular weight is 372 g/mol. The van der Waals surface area contributed by atoms with Crippen molar-refractivity contribution >= 4 is 11.6 Å². The predicted octanol–water partition coefficient (Wildman–Crippen LogP) is 3.04. The standard InChI is InChI=1S/C22H37N5/c1-20-10-6-8-14-25(20)15-9-7-13-24-22(23-2)27-18-16-26(17-19-27)21-11-4-3-5-12-21/h3-5,11-12,20H,6-10,13-19H2,1-2H3,(H,23,24). The Morgan fingerprint density at radius 3 is 2.52 bits per heavy atom. The summed E-state index contributed by atoms with van der Waals surface area (Å²) in [5, 5.41) is 3.58. The quantitative estimate of drug-likeness (QED) is 0.473. The van der Waals surface area contributed by atoms with E-state index in [0.29, 0.717) is 0 Å². The van der Waals surface area contributed by atoms with Gasteiger partial charge in [0.05, 0.1) is 0 Å². The highest BCUT2D eigenvalue weighted by atomic mass is 15.3. The molecule has 0 aromatic heterocycles. The van der Waals surface area contributed by atoms with Gasteiger partial charge < -0.3 is 20.0 Å². The van der Waals surface area contributed by atoms with Gasteiger partial charge in [0.15, 0.2) is 5.96 Å². The lowest BCUT2D eigenvalue weighted by Gasteiger charge is -2.37. The Bertz CT molecular complexity index is 565. The Balaban J connectivity index is 1.34. The molecule has 2 saturated heterocycles. The van der Waals surface area contributed by atoms with Crippen LogP contribution in [0.2, 0.25) is 0 Å². The van der Waals surface area contributed by atoms with Crippen molar-refractivity contribution in [2.45, 2.75) is 45.1 Å². The summed E-state index contributed by atoms with van der Waals surface area (Å²) in [5.74, 6) is 1.06. The number of hydrogen-bond acceptors (Lipinski definition) is 3. The van der Waals surface area contributed by atoms with Crippen molar-refractivity contribution in [3.63, 3.8) is 0 Å². The molecule has 1 unspecified atom stereocenters. The Morgan fingerprint density at radius 2 is 1.81 bits per heavy atom. The lowest BCUT2D eigenvalue weighted by molar-refractivity contribution is 0.158. The molecule has 5 heteroatoms. The molecule has 0 bridgehead atoms. The number of unbranched alkanes of at least 4 members (excludes halogenated alkanes) is 1. The molecule has 1 aromatic carbocycles. The van der Waals surface area contributed by atoms with Crippen LogP contribution < -0.4 is 10.2 Å². The second kappa shape index (κ2) is 10.5. The lowest BCUT2D eigenvalue weighted by Crippen LogP contribution is -2.52. The van der Waals surface area contributed by atoms with E-state index in [1.54, 1.807) is 0 Å². The van der Waals surface area contributed by atoms with Crippen molar-refractivity contribution in [1.29, 1.82) is 0 Å². The zero-order valence-electron chi connectivity index (χ0n) is 17.2. The first-order valence-electron chi connectivity index (χ1n) is 10.8. The van der Waals surface area contributed by atoms with E-state index in [1.807, 2.05) is 7.05 Å². The Labute approximate surface area is 165 Å². The van der Waals surface area contributed by atoms with Crippen molar-refractivity contribution in [3.8, 4) is 0 Å². The third-order valence-electron chi connectivity index (χ3n) is 6.01. The van der Waals surface area contributed by atoms with E-state index in [4.69, 9.17) is 0 Å². The normalized spacial score (nSPS) is 22.1. The Hall–Kier alpha value is -1.75. The van der Waals surface area contributed by atoms with E-state index in [9.17, 15) is 0 Å². The Kier molecular flexibility index (Phi) is 7.81. The zero-order chi connectivity index (χ0) is 18.9. The number of piperidine rings is 1. The van der Waals surface area contributed by atoms with Crippen LogP contribution in [0.25, 0.3) is 0 Å². The number of nitrogens with one attached hydrogen (secondary N) is 1. The monoisotopic (exact) mass is 371 g/mol. The SMILES string of the molecule is CN=C(NCCCCN1CCCCC1C)N1CCN(c2ccccc2)CC1. The Morgan fingerprint density at radius 1 is 1.04 bits per heavy atom. The van der Waals surface area contributed by atoms with Gasteiger partial charge in [-0.1, -0.05) is 24.6 Å². The molecule has 150 valence electrons. The van der Waals surface area contributed by atoms with Gasteiger partial charge in [-0.3, -0.25) is 4.99 Å². The van der Waals surface area contributed by atoms with Crippen LogP contribution in [-0.2, 0) is 0 Å². The third-order valence-corrected chi connectivity index (χ3v) is 6.01. The number of rotatable bonds is 6. The number of aliphatic imine (C=N–C) groups is 1. The largest absolute Gasteiger partial charge is 0.368 e. The van der Waals surface area contributed by atoms with Crippen LogP contribution in [0.15, 0.2) is 35.3 Å². The van der Waals surface area contributed by atoms with Gasteiger partial charge in [-0.15, -0.1) is 0 Å². The van der Waals surface area contributed by atoms with E-state index >= 15 is 0 Å². The molecule has 2 heterocycles. The minimum atomic E-state index is 0.778. The van der Waals surface area contributed by atoms with Crippen LogP contribution in [-0.4, -0.2) is 74.7 Å². The zero-order valence-corrected chi connectivity index (χ0v) is 17.2. The summed E-state index contributed by atoms with van der Waals surface area (Å²) in [6.45, 7) is 10.1. The molecule has 2 aliphatic heterocycles. The van der Waals surface area contributed by atoms with Gasteiger partial charge in [-0.25, -0.2) is 0 Å². The summed E-state index contributed by atoms with van der Waals surface area (Å²) < 4.78 is 0. The van der Waals surface area contributed by atoms with Crippen molar-refractivity contribution in [2.24, 2.45) is 4.99 Å². The highest BCUT2D eigenvalue weighted by Crippen LogP contribution is 2.17. The summed E-state index contributed by atoms with van der Waals surface area (Å²) in [4.78, 5) is 12.0. The fourth-order valence-electron chi connectivity index (χ4n) is 4.28. The summed E-state index contributed by atoms with van der Waals surface area (Å²) in [6, 6.07) is 11.5. The predicted molar refractivity (Wildman–Crippen MR) is 116 cm³/mol. The molecular weight excluding hydrogens is 334 g/mol. The molecule has 0 radical (unpaired) electrons. The van der Waals surface area contributed by atoms with Crippen molar-refractivity contribution in [3.05, 3.63) is 30.3 Å². The first kappa shape index (κ1) is 20.0. The van der Waals surface area contributed by atoms with Crippen LogP contribution in [0.1, 0.15) is 39.0 Å². The fraction of sp³-hybridized carbons (Fsp3) is 0.682. The van der Waals surface area contributed by atoms with E-state index in [2.05, 4.69) is 62.3 Å². The minimum Gasteiger partial charge on any atom is -0.368 e. The number of guanidine groups is 1. The van der Waals surface area contributed by atoms with E-state index in [-0.39, 0.29) is 0 Å². The molecule has 0 aliphatic carbocycles. The molecule has 2 fully saturated rings. The number of piperazine rings is 1. The summed E-state index contributed by atoms with van der Waals surface area (Å²) in [6.07, 6.45) is 6.65. The molecule has 0 saturated carbocycles. The first-order valence-corrected chi connectivity index (χ1v) is 10.8. The second-order valence-corrected chi connectivity index (χ2v) is 7.87. The highest BCUT2D eigenvalue weighted by Gasteiger charge is 2.20. The van der Waals surface area contributed by atoms with Crippen molar-refractivity contribution in [1.82, 2.24) is 15.1 Å². The molecule has 5 nitrogen and oxygen atoms in total. The smallest absolute Gasteiger partial charge is 0.193 e. The van der Waals surface area contributed by atoms with Gasteiger partial charge >= 0.3 is 0 Å². The van der Waals surface area contributed by atoms with Crippen molar-refractivity contribution < 1.29 is 0 Å². The van der Waals surface area contributed by atoms with Crippen LogP contribution in [0.3, 0.4) is 0 Å². The van der Waals surface area contributed by atoms with E-state index in [1.165, 1.54) is 50.9 Å².